The van der Waals surface area contributed by atoms with Crippen LogP contribution >= 0.6 is 0 Å². The van der Waals surface area contributed by atoms with Gasteiger partial charge in [0.05, 0.1) is 13.2 Å². The summed E-state index contributed by atoms with van der Waals surface area (Å²) in [6.07, 6.45) is 5.25. The van der Waals surface area contributed by atoms with Crippen LogP contribution in [0, 0.1) is 5.92 Å². The molecule has 7 heteroatoms. The van der Waals surface area contributed by atoms with E-state index in [2.05, 4.69) is 26.1 Å². The number of anilines is 1. The highest BCUT2D eigenvalue weighted by Crippen LogP contribution is 2.35. The molecule has 3 heterocycles. The van der Waals surface area contributed by atoms with E-state index in [0.29, 0.717) is 12.6 Å². The number of carbonyl (C=O) groups excluding carboxylic acids is 1. The predicted molar refractivity (Wildman–Crippen MR) is 90.3 cm³/mol. The van der Waals surface area contributed by atoms with E-state index in [0.717, 1.165) is 50.0 Å². The molecule has 7 nitrogen and oxygen atoms in total. The lowest BCUT2D eigenvalue weighted by molar-refractivity contribution is -0.123. The maximum Gasteiger partial charge on any atom is 0.238 e. The van der Waals surface area contributed by atoms with Gasteiger partial charge in [-0.15, -0.1) is 0 Å². The third kappa shape index (κ3) is 3.53. The number of aromatic nitrogens is 1. The summed E-state index contributed by atoms with van der Waals surface area (Å²) in [7, 11) is 0. The average molecular weight is 331 g/mol. The molecule has 1 aromatic rings. The van der Waals surface area contributed by atoms with Crippen molar-refractivity contribution in [2.45, 2.75) is 37.9 Å². The Bertz CT molecular complexity index is 586. The summed E-state index contributed by atoms with van der Waals surface area (Å²) in [5.41, 5.74) is 7.46. The first kappa shape index (κ1) is 15.8. The van der Waals surface area contributed by atoms with Crippen LogP contribution in [-0.2, 0) is 16.1 Å². The van der Waals surface area contributed by atoms with Gasteiger partial charge in [0.15, 0.2) is 0 Å². The topological polar surface area (TPSA) is 78.5 Å². The van der Waals surface area contributed by atoms with E-state index >= 15 is 0 Å². The van der Waals surface area contributed by atoms with Crippen LogP contribution in [0.1, 0.15) is 24.8 Å². The van der Waals surface area contributed by atoms with Crippen molar-refractivity contribution < 1.29 is 9.53 Å². The third-order valence-electron chi connectivity index (χ3n) is 5.07. The Kier molecular flexibility index (Phi) is 4.64. The van der Waals surface area contributed by atoms with Crippen LogP contribution in [-0.4, -0.2) is 49.3 Å². The second-order valence-corrected chi connectivity index (χ2v) is 6.82. The maximum absolute atomic E-state index is 12.4. The van der Waals surface area contributed by atoms with E-state index in [4.69, 9.17) is 4.74 Å². The molecule has 3 fully saturated rings. The van der Waals surface area contributed by atoms with Crippen molar-refractivity contribution in [2.75, 3.05) is 31.2 Å². The number of nitrogens with one attached hydrogen (secondary N) is 3. The van der Waals surface area contributed by atoms with Gasteiger partial charge in [-0.25, -0.2) is 10.4 Å². The van der Waals surface area contributed by atoms with Crippen LogP contribution in [0.25, 0.3) is 0 Å². The molecule has 3 aliphatic rings. The molecule has 2 saturated heterocycles. The number of pyridine rings is 1. The zero-order valence-corrected chi connectivity index (χ0v) is 13.8. The fraction of sp³-hybridized carbons (Fsp3) is 0.647. The minimum Gasteiger partial charge on any atom is -0.378 e. The normalized spacial score (nSPS) is 27.2. The van der Waals surface area contributed by atoms with E-state index in [1.165, 1.54) is 12.8 Å². The second kappa shape index (κ2) is 7.04. The molecule has 1 saturated carbocycles. The van der Waals surface area contributed by atoms with Crippen molar-refractivity contribution in [2.24, 2.45) is 5.92 Å². The van der Waals surface area contributed by atoms with Crippen molar-refractivity contribution in [3.8, 4) is 0 Å². The van der Waals surface area contributed by atoms with Crippen LogP contribution in [0.15, 0.2) is 18.3 Å². The van der Waals surface area contributed by atoms with Crippen molar-refractivity contribution in [3.05, 3.63) is 23.9 Å². The number of hydrogen-bond donors (Lipinski definition) is 3. The molecule has 0 spiro atoms. The molecule has 1 aromatic heterocycles. The standard InChI is InChI=1S/C17H25N5O2/c23-17(15-10-14(20-21-15)12-3-4-12)19-11-13-2-1-5-18-16(13)22-6-8-24-9-7-22/h1-2,5,12,14-15,20-21H,3-4,6-11H2,(H,19,23). The van der Waals surface area contributed by atoms with Crippen LogP contribution in [0.5, 0.6) is 0 Å². The Morgan fingerprint density at radius 3 is 2.96 bits per heavy atom. The van der Waals surface area contributed by atoms with Crippen molar-refractivity contribution in [1.29, 1.82) is 0 Å². The highest BCUT2D eigenvalue weighted by Gasteiger charge is 2.38. The Labute approximate surface area is 142 Å². The number of carbonyl (C=O) groups is 1. The summed E-state index contributed by atoms with van der Waals surface area (Å²) in [5.74, 6) is 1.76. The van der Waals surface area contributed by atoms with Crippen LogP contribution < -0.4 is 21.1 Å². The van der Waals surface area contributed by atoms with E-state index in [1.54, 1.807) is 6.20 Å². The molecule has 24 heavy (non-hydrogen) atoms. The van der Waals surface area contributed by atoms with Crippen LogP contribution in [0.4, 0.5) is 5.82 Å². The predicted octanol–water partition coefficient (Wildman–Crippen LogP) is 0.180. The SMILES string of the molecule is O=C(NCc1cccnc1N1CCOCC1)C1CC(C2CC2)NN1. The largest absolute Gasteiger partial charge is 0.378 e. The quantitative estimate of drug-likeness (QED) is 0.714. The van der Waals surface area contributed by atoms with Crippen molar-refractivity contribution in [3.63, 3.8) is 0 Å². The monoisotopic (exact) mass is 331 g/mol. The van der Waals surface area contributed by atoms with Gasteiger partial charge in [0.2, 0.25) is 5.91 Å². The zero-order chi connectivity index (χ0) is 16.4. The van der Waals surface area contributed by atoms with E-state index in [1.807, 2.05) is 12.1 Å². The second-order valence-electron chi connectivity index (χ2n) is 6.82. The summed E-state index contributed by atoms with van der Waals surface area (Å²) in [4.78, 5) is 19.2. The molecule has 2 atom stereocenters. The highest BCUT2D eigenvalue weighted by molar-refractivity contribution is 5.82. The number of hydrogen-bond acceptors (Lipinski definition) is 6. The number of ether oxygens (including phenoxy) is 1. The molecule has 4 rings (SSSR count). The first-order valence-corrected chi connectivity index (χ1v) is 8.86. The minimum atomic E-state index is -0.140. The van der Waals surface area contributed by atoms with Crippen molar-refractivity contribution >= 4 is 11.7 Å². The third-order valence-corrected chi connectivity index (χ3v) is 5.07. The molecule has 130 valence electrons. The smallest absolute Gasteiger partial charge is 0.238 e. The van der Waals surface area contributed by atoms with Gasteiger partial charge in [-0.2, -0.15) is 0 Å². The Balaban J connectivity index is 1.34. The van der Waals surface area contributed by atoms with E-state index < -0.39 is 0 Å². The molecule has 1 amide bonds. The lowest BCUT2D eigenvalue weighted by Gasteiger charge is -2.29. The van der Waals surface area contributed by atoms with Gasteiger partial charge < -0.3 is 15.0 Å². The lowest BCUT2D eigenvalue weighted by atomic mass is 10.1. The fourth-order valence-corrected chi connectivity index (χ4v) is 3.49. The molecule has 1 aliphatic carbocycles. The maximum atomic E-state index is 12.4. The zero-order valence-electron chi connectivity index (χ0n) is 13.8. The van der Waals surface area contributed by atoms with Gasteiger partial charge in [0.25, 0.3) is 0 Å². The first-order chi connectivity index (χ1) is 11.8. The van der Waals surface area contributed by atoms with Gasteiger partial charge in [0, 0.05) is 37.4 Å². The summed E-state index contributed by atoms with van der Waals surface area (Å²) in [6, 6.07) is 4.26. The minimum absolute atomic E-state index is 0.0578. The van der Waals surface area contributed by atoms with Crippen molar-refractivity contribution in [1.82, 2.24) is 21.2 Å². The van der Waals surface area contributed by atoms with Gasteiger partial charge in [-0.1, -0.05) is 6.07 Å². The molecule has 0 bridgehead atoms. The Hall–Kier alpha value is -1.70. The number of hydrazine groups is 1. The summed E-state index contributed by atoms with van der Waals surface area (Å²) < 4.78 is 5.41. The van der Waals surface area contributed by atoms with Gasteiger partial charge >= 0.3 is 0 Å². The molecule has 0 aromatic carbocycles. The highest BCUT2D eigenvalue weighted by atomic mass is 16.5. The van der Waals surface area contributed by atoms with E-state index in [9.17, 15) is 4.79 Å². The summed E-state index contributed by atoms with van der Waals surface area (Å²) >= 11 is 0. The molecular formula is C17H25N5O2. The first-order valence-electron chi connectivity index (χ1n) is 8.86. The average Bonchev–Trinajstić information content (AvgIpc) is 3.37. The molecule has 2 unspecified atom stereocenters. The Morgan fingerprint density at radius 1 is 1.33 bits per heavy atom. The summed E-state index contributed by atoms with van der Waals surface area (Å²) in [5, 5.41) is 3.06. The van der Waals surface area contributed by atoms with E-state index in [-0.39, 0.29) is 11.9 Å². The van der Waals surface area contributed by atoms with Gasteiger partial charge in [-0.05, 0) is 31.2 Å². The molecule has 3 N–H and O–H groups in total. The number of amides is 1. The number of rotatable bonds is 5. The molecule has 0 radical (unpaired) electrons. The molecule has 2 aliphatic heterocycles. The number of morpholine rings is 1. The van der Waals surface area contributed by atoms with Crippen LogP contribution in [0.2, 0.25) is 0 Å². The van der Waals surface area contributed by atoms with Crippen LogP contribution in [0.3, 0.4) is 0 Å². The fourth-order valence-electron chi connectivity index (χ4n) is 3.49. The van der Waals surface area contributed by atoms with Gasteiger partial charge in [-0.3, -0.25) is 10.2 Å². The Morgan fingerprint density at radius 2 is 2.17 bits per heavy atom. The number of nitrogens with zero attached hydrogens (tertiary/aromatic N) is 2. The van der Waals surface area contributed by atoms with Gasteiger partial charge in [0.1, 0.15) is 11.9 Å². The molecular weight excluding hydrogens is 306 g/mol. The lowest BCUT2D eigenvalue weighted by Crippen LogP contribution is -2.43. The summed E-state index contributed by atoms with van der Waals surface area (Å²) in [6.45, 7) is 3.64.